The number of hydrogen-bond donors (Lipinski definition) is 3. The van der Waals surface area contributed by atoms with Crippen LogP contribution in [0.25, 0.3) is 10.9 Å². The van der Waals surface area contributed by atoms with E-state index in [1.54, 1.807) is 17.0 Å². The van der Waals surface area contributed by atoms with Crippen LogP contribution in [0.2, 0.25) is 5.02 Å². The molecule has 11 nitrogen and oxygen atoms in total. The molecule has 2 aliphatic rings. The fourth-order valence-electron chi connectivity index (χ4n) is 7.08. The van der Waals surface area contributed by atoms with Crippen LogP contribution in [0, 0.1) is 5.92 Å². The Bertz CT molecular complexity index is 1920. The standard InChI is InChI=1S/C36H43ClN6O5S/c1-23(31-20-39-32-7-5-4-6-30(31)32)34(35(44)43-22-24(21-41(2)3)18-25-19-26(37)8-13-33(25)43)40-36(45)42-16-14-28(15-17-42)48-27-9-11-29(12-10-27)49(38,46)47/h4-13,19-20,23-24,28,34,39H,14-18,21-22H2,1-3H3,(H,40,45)(H2,38,46,47)/t23?,24-,34?/m1/s1. The summed E-state index contributed by atoms with van der Waals surface area (Å²) in [6, 6.07) is 18.5. The fraction of sp³-hybridized carbons (Fsp3) is 0.389. The topological polar surface area (TPSA) is 141 Å². The molecule has 2 aliphatic heterocycles. The summed E-state index contributed by atoms with van der Waals surface area (Å²) in [7, 11) is 0.264. The first-order valence-electron chi connectivity index (χ1n) is 16.5. The Morgan fingerprint density at radius 3 is 2.49 bits per heavy atom. The minimum Gasteiger partial charge on any atom is -0.490 e. The number of aromatic amines is 1. The molecule has 3 atom stereocenters. The molecule has 3 aromatic carbocycles. The number of aromatic nitrogens is 1. The average Bonchev–Trinajstić information content (AvgIpc) is 3.50. The number of benzene rings is 3. The third kappa shape index (κ3) is 7.88. The van der Waals surface area contributed by atoms with Crippen LogP contribution < -0.4 is 20.1 Å². The van der Waals surface area contributed by atoms with Crippen molar-refractivity contribution < 1.29 is 22.7 Å². The second-order valence-corrected chi connectivity index (χ2v) is 15.4. The van der Waals surface area contributed by atoms with Gasteiger partial charge in [-0.15, -0.1) is 0 Å². The van der Waals surface area contributed by atoms with Crippen LogP contribution in [0.15, 0.2) is 77.8 Å². The van der Waals surface area contributed by atoms with Crippen molar-refractivity contribution in [2.75, 3.05) is 45.2 Å². The Morgan fingerprint density at radius 2 is 1.80 bits per heavy atom. The number of nitrogens with two attached hydrogens (primary N) is 1. The van der Waals surface area contributed by atoms with E-state index in [-0.39, 0.29) is 34.8 Å². The first-order chi connectivity index (χ1) is 23.4. The quantitative estimate of drug-likeness (QED) is 0.225. The van der Waals surface area contributed by atoms with E-state index in [0.717, 1.165) is 40.7 Å². The summed E-state index contributed by atoms with van der Waals surface area (Å²) in [4.78, 5) is 37.7. The fourth-order valence-corrected chi connectivity index (χ4v) is 7.79. The van der Waals surface area contributed by atoms with E-state index in [1.807, 2.05) is 74.6 Å². The van der Waals surface area contributed by atoms with E-state index < -0.39 is 16.1 Å². The summed E-state index contributed by atoms with van der Waals surface area (Å²) in [5.74, 6) is 0.210. The van der Waals surface area contributed by atoms with Crippen molar-refractivity contribution in [3.05, 3.63) is 89.1 Å². The molecule has 1 aromatic heterocycles. The molecular weight excluding hydrogens is 664 g/mol. The van der Waals surface area contributed by atoms with Gasteiger partial charge in [0.15, 0.2) is 0 Å². The maximum atomic E-state index is 14.8. The maximum absolute atomic E-state index is 14.8. The number of H-pyrrole nitrogens is 1. The number of para-hydroxylation sites is 1. The number of carbonyl (C=O) groups excluding carboxylic acids is 2. The monoisotopic (exact) mass is 706 g/mol. The Morgan fingerprint density at radius 1 is 1.08 bits per heavy atom. The van der Waals surface area contributed by atoms with Crippen molar-refractivity contribution in [3.63, 3.8) is 0 Å². The largest absolute Gasteiger partial charge is 0.490 e. The van der Waals surface area contributed by atoms with Gasteiger partial charge in [-0.05, 0) is 86.1 Å². The van der Waals surface area contributed by atoms with Crippen LogP contribution >= 0.6 is 11.6 Å². The second-order valence-electron chi connectivity index (χ2n) is 13.4. The predicted molar refractivity (Wildman–Crippen MR) is 192 cm³/mol. The molecule has 1 fully saturated rings. The van der Waals surface area contributed by atoms with Crippen molar-refractivity contribution in [1.29, 1.82) is 0 Å². The van der Waals surface area contributed by atoms with Crippen LogP contribution in [-0.2, 0) is 21.2 Å². The number of urea groups is 1. The highest BCUT2D eigenvalue weighted by Crippen LogP contribution is 2.35. The summed E-state index contributed by atoms with van der Waals surface area (Å²) < 4.78 is 29.3. The van der Waals surface area contributed by atoms with Gasteiger partial charge in [0, 0.05) is 72.7 Å². The highest BCUT2D eigenvalue weighted by atomic mass is 35.5. The summed E-state index contributed by atoms with van der Waals surface area (Å²) >= 11 is 6.41. The van der Waals surface area contributed by atoms with Crippen LogP contribution in [-0.4, -0.2) is 87.6 Å². The van der Waals surface area contributed by atoms with Crippen molar-refractivity contribution in [3.8, 4) is 5.75 Å². The number of rotatable bonds is 9. The lowest BCUT2D eigenvalue weighted by Gasteiger charge is -2.39. The number of hydrogen-bond acceptors (Lipinski definition) is 6. The zero-order chi connectivity index (χ0) is 34.9. The lowest BCUT2D eigenvalue weighted by atomic mass is 9.88. The smallest absolute Gasteiger partial charge is 0.318 e. The Hall–Kier alpha value is -4.10. The number of anilines is 1. The Balaban J connectivity index is 1.22. The average molecular weight is 707 g/mol. The molecule has 4 N–H and O–H groups in total. The molecule has 2 unspecified atom stereocenters. The van der Waals surface area contributed by atoms with Gasteiger partial charge in [0.2, 0.25) is 15.9 Å². The van der Waals surface area contributed by atoms with Crippen LogP contribution in [0.5, 0.6) is 5.75 Å². The van der Waals surface area contributed by atoms with E-state index in [1.165, 1.54) is 12.1 Å². The van der Waals surface area contributed by atoms with Crippen molar-refractivity contribution in [1.82, 2.24) is 20.1 Å². The molecule has 0 aliphatic carbocycles. The number of nitrogens with zero attached hydrogens (tertiary/aromatic N) is 3. The molecular formula is C36H43ClN6O5S. The predicted octanol–water partition coefficient (Wildman–Crippen LogP) is 4.96. The molecule has 13 heteroatoms. The van der Waals surface area contributed by atoms with Gasteiger partial charge in [-0.2, -0.15) is 0 Å². The van der Waals surface area contributed by atoms with Gasteiger partial charge in [-0.3, -0.25) is 4.79 Å². The summed E-state index contributed by atoms with van der Waals surface area (Å²) in [6.45, 7) is 4.19. The van der Waals surface area contributed by atoms with Crippen molar-refractivity contribution >= 4 is 50.2 Å². The SMILES string of the molecule is CC(c1c[nH]c2ccccc12)C(NC(=O)N1CCC(Oc2ccc(S(N)(=O)=O)cc2)CC1)C(=O)N1C[C@@H](CN(C)C)Cc2cc(Cl)ccc21. The second kappa shape index (κ2) is 14.4. The minimum atomic E-state index is -3.79. The van der Waals surface area contributed by atoms with E-state index in [4.69, 9.17) is 21.5 Å². The van der Waals surface area contributed by atoms with E-state index in [2.05, 4.69) is 15.2 Å². The molecule has 0 spiro atoms. The van der Waals surface area contributed by atoms with Crippen LogP contribution in [0.1, 0.15) is 36.8 Å². The van der Waals surface area contributed by atoms with Gasteiger partial charge in [-0.1, -0.05) is 36.7 Å². The van der Waals surface area contributed by atoms with Gasteiger partial charge in [0.1, 0.15) is 17.9 Å². The lowest BCUT2D eigenvalue weighted by molar-refractivity contribution is -0.121. The molecule has 1 saturated heterocycles. The zero-order valence-corrected chi connectivity index (χ0v) is 29.5. The molecule has 0 saturated carbocycles. The molecule has 6 rings (SSSR count). The number of piperidine rings is 1. The van der Waals surface area contributed by atoms with Crippen molar-refractivity contribution in [2.24, 2.45) is 11.1 Å². The number of amides is 3. The van der Waals surface area contributed by atoms with Gasteiger partial charge in [0.25, 0.3) is 0 Å². The number of sulfonamides is 1. The van der Waals surface area contributed by atoms with Gasteiger partial charge < -0.3 is 29.7 Å². The van der Waals surface area contributed by atoms with E-state index in [0.29, 0.717) is 43.2 Å². The third-order valence-corrected chi connectivity index (χ3v) is 10.7. The van der Waals surface area contributed by atoms with Gasteiger partial charge in [-0.25, -0.2) is 18.4 Å². The highest BCUT2D eigenvalue weighted by Gasteiger charge is 2.38. The van der Waals surface area contributed by atoms with E-state index >= 15 is 0 Å². The normalized spacial score (nSPS) is 18.3. The number of halogens is 1. The molecule has 0 radical (unpaired) electrons. The molecule has 4 aromatic rings. The molecule has 0 bridgehead atoms. The number of primary sulfonamides is 1. The molecule has 49 heavy (non-hydrogen) atoms. The van der Waals surface area contributed by atoms with Crippen molar-refractivity contribution in [2.45, 2.75) is 49.1 Å². The van der Waals surface area contributed by atoms with E-state index in [9.17, 15) is 18.0 Å². The molecule has 260 valence electrons. The number of nitrogens with one attached hydrogen (secondary N) is 2. The summed E-state index contributed by atoms with van der Waals surface area (Å²) in [5.41, 5.74) is 3.76. The number of likely N-dealkylation sites (tertiary alicyclic amines) is 1. The third-order valence-electron chi connectivity index (χ3n) is 9.51. The Kier molecular flexibility index (Phi) is 10.2. The van der Waals surface area contributed by atoms with Crippen LogP contribution in [0.4, 0.5) is 10.5 Å². The molecule has 3 amide bonds. The zero-order valence-electron chi connectivity index (χ0n) is 27.9. The highest BCUT2D eigenvalue weighted by molar-refractivity contribution is 7.89. The number of carbonyl (C=O) groups is 2. The minimum absolute atomic E-state index is 0.0161. The van der Waals surface area contributed by atoms with Gasteiger partial charge >= 0.3 is 6.03 Å². The Labute approximate surface area is 292 Å². The van der Waals surface area contributed by atoms with Crippen LogP contribution in [0.3, 0.4) is 0 Å². The summed E-state index contributed by atoms with van der Waals surface area (Å²) in [5, 5.41) is 10.00. The lowest BCUT2D eigenvalue weighted by Crippen LogP contribution is -2.57. The number of ether oxygens (including phenoxy) is 1. The molecule has 3 heterocycles. The summed E-state index contributed by atoms with van der Waals surface area (Å²) in [6.07, 6.45) is 3.73. The number of fused-ring (bicyclic) bond motifs is 2. The first kappa shape index (κ1) is 34.8. The van der Waals surface area contributed by atoms with Gasteiger partial charge in [0.05, 0.1) is 4.90 Å². The maximum Gasteiger partial charge on any atom is 0.318 e. The first-order valence-corrected chi connectivity index (χ1v) is 18.5.